The molecule has 0 spiro atoms. The number of hydrogen-bond acceptors (Lipinski definition) is 4. The molecule has 0 saturated carbocycles. The molecule has 0 aromatic heterocycles. The summed E-state index contributed by atoms with van der Waals surface area (Å²) in [6.07, 6.45) is -0.355. The highest BCUT2D eigenvalue weighted by molar-refractivity contribution is 5.86. The number of nitrogens with zero attached hydrogens (tertiary/aromatic N) is 2. The molecule has 0 aliphatic carbocycles. The SMILES string of the molecule is CN(C)CCN(Cc1ccccc1)C(=O)C(N)CC(=O)O. The first kappa shape index (κ1) is 17.1. The Bertz CT molecular complexity index is 462. The lowest BCUT2D eigenvalue weighted by Gasteiger charge is -2.26. The van der Waals surface area contributed by atoms with Gasteiger partial charge in [-0.2, -0.15) is 0 Å². The van der Waals surface area contributed by atoms with E-state index in [1.54, 1.807) is 4.90 Å². The van der Waals surface area contributed by atoms with Gasteiger partial charge in [-0.05, 0) is 19.7 Å². The summed E-state index contributed by atoms with van der Waals surface area (Å²) in [6, 6.07) is 8.57. The van der Waals surface area contributed by atoms with Gasteiger partial charge in [0, 0.05) is 19.6 Å². The lowest BCUT2D eigenvalue weighted by molar-refractivity contribution is -0.142. The van der Waals surface area contributed by atoms with Gasteiger partial charge in [0.15, 0.2) is 0 Å². The van der Waals surface area contributed by atoms with Gasteiger partial charge in [0.1, 0.15) is 0 Å². The fraction of sp³-hybridized carbons (Fsp3) is 0.467. The van der Waals surface area contributed by atoms with Crippen LogP contribution in [-0.4, -0.2) is 60.0 Å². The van der Waals surface area contributed by atoms with Crippen LogP contribution in [0.2, 0.25) is 0 Å². The number of carboxylic acids is 1. The molecule has 1 atom stereocenters. The number of rotatable bonds is 8. The molecule has 0 fully saturated rings. The fourth-order valence-electron chi connectivity index (χ4n) is 1.90. The maximum absolute atomic E-state index is 12.3. The van der Waals surface area contributed by atoms with Crippen molar-refractivity contribution in [2.75, 3.05) is 27.2 Å². The van der Waals surface area contributed by atoms with Crippen LogP contribution < -0.4 is 5.73 Å². The lowest BCUT2D eigenvalue weighted by atomic mass is 10.1. The first-order chi connectivity index (χ1) is 9.90. The van der Waals surface area contributed by atoms with E-state index >= 15 is 0 Å². The van der Waals surface area contributed by atoms with Gasteiger partial charge in [-0.1, -0.05) is 30.3 Å². The van der Waals surface area contributed by atoms with Gasteiger partial charge in [0.25, 0.3) is 0 Å². The second kappa shape index (κ2) is 8.39. The number of nitrogens with two attached hydrogens (primary N) is 1. The van der Waals surface area contributed by atoms with Gasteiger partial charge in [-0.25, -0.2) is 0 Å². The molecule has 116 valence electrons. The van der Waals surface area contributed by atoms with E-state index < -0.39 is 12.0 Å². The Morgan fingerprint density at radius 2 is 1.81 bits per heavy atom. The second-order valence-electron chi connectivity index (χ2n) is 5.25. The number of hydrogen-bond donors (Lipinski definition) is 2. The molecule has 0 radical (unpaired) electrons. The molecule has 3 N–H and O–H groups in total. The van der Waals surface area contributed by atoms with E-state index in [1.807, 2.05) is 49.3 Å². The zero-order valence-electron chi connectivity index (χ0n) is 12.5. The third-order valence-electron chi connectivity index (χ3n) is 3.06. The smallest absolute Gasteiger partial charge is 0.305 e. The van der Waals surface area contributed by atoms with E-state index in [1.165, 1.54) is 0 Å². The van der Waals surface area contributed by atoms with Crippen molar-refractivity contribution in [3.8, 4) is 0 Å². The van der Waals surface area contributed by atoms with Crippen LogP contribution in [0.5, 0.6) is 0 Å². The molecule has 0 saturated heterocycles. The normalized spacial score (nSPS) is 12.2. The minimum atomic E-state index is -1.07. The maximum Gasteiger partial charge on any atom is 0.305 e. The molecule has 1 aromatic carbocycles. The summed E-state index contributed by atoms with van der Waals surface area (Å²) in [5.74, 6) is -1.40. The summed E-state index contributed by atoms with van der Waals surface area (Å²) in [6.45, 7) is 1.63. The number of carbonyl (C=O) groups is 2. The summed E-state index contributed by atoms with van der Waals surface area (Å²) in [5, 5.41) is 8.76. The summed E-state index contributed by atoms with van der Waals surface area (Å²) in [4.78, 5) is 26.6. The molecule has 21 heavy (non-hydrogen) atoms. The number of benzene rings is 1. The van der Waals surface area contributed by atoms with Crippen molar-refractivity contribution in [3.63, 3.8) is 0 Å². The quantitative estimate of drug-likeness (QED) is 0.723. The zero-order valence-corrected chi connectivity index (χ0v) is 12.5. The predicted octanol–water partition coefficient (Wildman–Crippen LogP) is 0.379. The van der Waals surface area contributed by atoms with E-state index in [0.29, 0.717) is 19.6 Å². The van der Waals surface area contributed by atoms with E-state index in [0.717, 1.165) is 5.56 Å². The Kier molecular flexibility index (Phi) is 6.84. The first-order valence-electron chi connectivity index (χ1n) is 6.85. The van der Waals surface area contributed by atoms with Crippen LogP contribution in [0.1, 0.15) is 12.0 Å². The Balaban J connectivity index is 2.75. The van der Waals surface area contributed by atoms with Crippen LogP contribution in [0.25, 0.3) is 0 Å². The lowest BCUT2D eigenvalue weighted by Crippen LogP contribution is -2.46. The van der Waals surface area contributed by atoms with Crippen molar-refractivity contribution < 1.29 is 14.7 Å². The van der Waals surface area contributed by atoms with Crippen LogP contribution in [0.15, 0.2) is 30.3 Å². The minimum absolute atomic E-state index is 0.330. The van der Waals surface area contributed by atoms with Gasteiger partial charge in [-0.15, -0.1) is 0 Å². The molecule has 1 rings (SSSR count). The van der Waals surface area contributed by atoms with Crippen molar-refractivity contribution in [2.45, 2.75) is 19.0 Å². The molecule has 0 bridgehead atoms. The minimum Gasteiger partial charge on any atom is -0.481 e. The van der Waals surface area contributed by atoms with E-state index in [2.05, 4.69) is 0 Å². The highest BCUT2D eigenvalue weighted by Crippen LogP contribution is 2.07. The van der Waals surface area contributed by atoms with Crippen molar-refractivity contribution in [3.05, 3.63) is 35.9 Å². The highest BCUT2D eigenvalue weighted by Gasteiger charge is 2.23. The van der Waals surface area contributed by atoms with Crippen molar-refractivity contribution >= 4 is 11.9 Å². The van der Waals surface area contributed by atoms with Crippen molar-refractivity contribution in [1.82, 2.24) is 9.80 Å². The second-order valence-corrected chi connectivity index (χ2v) is 5.25. The van der Waals surface area contributed by atoms with Crippen LogP contribution in [0, 0.1) is 0 Å². The van der Waals surface area contributed by atoms with Crippen molar-refractivity contribution in [1.29, 1.82) is 0 Å². The van der Waals surface area contributed by atoms with Crippen LogP contribution in [0.3, 0.4) is 0 Å². The highest BCUT2D eigenvalue weighted by atomic mass is 16.4. The Labute approximate surface area is 125 Å². The Morgan fingerprint density at radius 1 is 1.19 bits per heavy atom. The number of aliphatic carboxylic acids is 1. The van der Waals surface area contributed by atoms with Crippen LogP contribution >= 0.6 is 0 Å². The fourth-order valence-corrected chi connectivity index (χ4v) is 1.90. The van der Waals surface area contributed by atoms with Gasteiger partial charge in [-0.3, -0.25) is 9.59 Å². The third-order valence-corrected chi connectivity index (χ3v) is 3.06. The Morgan fingerprint density at radius 3 is 2.33 bits per heavy atom. The van der Waals surface area contributed by atoms with E-state index in [4.69, 9.17) is 10.8 Å². The van der Waals surface area contributed by atoms with Gasteiger partial charge in [0.05, 0.1) is 12.5 Å². The third kappa shape index (κ3) is 6.37. The first-order valence-corrected chi connectivity index (χ1v) is 6.85. The summed E-state index contributed by atoms with van der Waals surface area (Å²) in [7, 11) is 3.84. The molecular weight excluding hydrogens is 270 g/mol. The summed E-state index contributed by atoms with van der Waals surface area (Å²) < 4.78 is 0. The van der Waals surface area contributed by atoms with E-state index in [9.17, 15) is 9.59 Å². The van der Waals surface area contributed by atoms with Crippen LogP contribution in [0.4, 0.5) is 0 Å². The van der Waals surface area contributed by atoms with Crippen LogP contribution in [-0.2, 0) is 16.1 Å². The predicted molar refractivity (Wildman–Crippen MR) is 80.6 cm³/mol. The van der Waals surface area contributed by atoms with Gasteiger partial charge < -0.3 is 20.6 Å². The zero-order chi connectivity index (χ0) is 15.8. The summed E-state index contributed by atoms with van der Waals surface area (Å²) >= 11 is 0. The average molecular weight is 293 g/mol. The number of likely N-dealkylation sites (N-methyl/N-ethyl adjacent to an activating group) is 1. The number of carbonyl (C=O) groups excluding carboxylic acids is 1. The molecule has 0 heterocycles. The molecular formula is C15H23N3O3. The average Bonchev–Trinajstić information content (AvgIpc) is 2.42. The largest absolute Gasteiger partial charge is 0.481 e. The maximum atomic E-state index is 12.3. The van der Waals surface area contributed by atoms with Gasteiger partial charge in [0.2, 0.25) is 5.91 Å². The van der Waals surface area contributed by atoms with Crippen molar-refractivity contribution in [2.24, 2.45) is 5.73 Å². The molecule has 1 aromatic rings. The topological polar surface area (TPSA) is 86.9 Å². The molecule has 1 unspecified atom stereocenters. The summed E-state index contributed by atoms with van der Waals surface area (Å²) in [5.41, 5.74) is 6.69. The monoisotopic (exact) mass is 293 g/mol. The van der Waals surface area contributed by atoms with E-state index in [-0.39, 0.29) is 12.3 Å². The Hall–Kier alpha value is -1.92. The standard InChI is InChI=1S/C15H23N3O3/c1-17(2)8-9-18(11-12-6-4-3-5-7-12)15(21)13(16)10-14(19)20/h3-7,13H,8-11,16H2,1-2H3,(H,19,20). The number of amides is 1. The molecule has 0 aliphatic heterocycles. The number of carboxylic acid groups (broad SMARTS) is 1. The van der Waals surface area contributed by atoms with Gasteiger partial charge >= 0.3 is 5.97 Å². The molecule has 6 heteroatoms. The molecule has 0 aliphatic rings. The molecule has 1 amide bonds. The molecule has 6 nitrogen and oxygen atoms in total.